The van der Waals surface area contributed by atoms with Gasteiger partial charge in [0.1, 0.15) is 0 Å². The largest absolute Gasteiger partial charge is 0.296 e. The van der Waals surface area contributed by atoms with E-state index in [9.17, 15) is 10.1 Å². The zero-order valence-corrected chi connectivity index (χ0v) is 11.2. The lowest BCUT2D eigenvalue weighted by atomic mass is 10.1. The Morgan fingerprint density at radius 1 is 1.20 bits per heavy atom. The Balaban J connectivity index is 1.90. The van der Waals surface area contributed by atoms with Gasteiger partial charge in [-0.3, -0.25) is 15.0 Å². The molecule has 1 unspecified atom stereocenters. The summed E-state index contributed by atoms with van der Waals surface area (Å²) in [5, 5.41) is 10.7. The van der Waals surface area contributed by atoms with Gasteiger partial charge in [0.2, 0.25) is 0 Å². The van der Waals surface area contributed by atoms with Crippen LogP contribution in [-0.4, -0.2) is 4.92 Å². The van der Waals surface area contributed by atoms with Crippen LogP contribution in [0.25, 0.3) is 0 Å². The zero-order chi connectivity index (χ0) is 14.4. The first-order valence-corrected chi connectivity index (χ1v) is 6.32. The molecule has 0 saturated carbocycles. The van der Waals surface area contributed by atoms with E-state index < -0.39 is 4.92 Å². The molecule has 1 N–H and O–H groups in total. The number of hydrogen-bond acceptors (Lipinski definition) is 4. The van der Waals surface area contributed by atoms with Crippen molar-refractivity contribution in [1.29, 1.82) is 0 Å². The maximum Gasteiger partial charge on any atom is 0.269 e. The van der Waals surface area contributed by atoms with E-state index in [2.05, 4.69) is 5.48 Å². The molecule has 0 radical (unpaired) electrons. The van der Waals surface area contributed by atoms with Crippen molar-refractivity contribution in [2.24, 2.45) is 0 Å². The monoisotopic (exact) mass is 272 g/mol. The number of benzene rings is 2. The summed E-state index contributed by atoms with van der Waals surface area (Å²) in [6.45, 7) is 2.34. The first-order chi connectivity index (χ1) is 9.66. The molecule has 0 amide bonds. The van der Waals surface area contributed by atoms with E-state index >= 15 is 0 Å². The standard InChI is InChI=1S/C15H16N2O3/c1-12(14-8-5-9-15(10-14)17(18)19)16-20-11-13-6-3-2-4-7-13/h2-10,12,16H,11H2,1H3. The van der Waals surface area contributed by atoms with E-state index in [1.54, 1.807) is 12.1 Å². The number of hydroxylamine groups is 1. The van der Waals surface area contributed by atoms with Gasteiger partial charge in [0.15, 0.2) is 0 Å². The summed E-state index contributed by atoms with van der Waals surface area (Å²) < 4.78 is 0. The fourth-order valence-corrected chi connectivity index (χ4v) is 1.80. The van der Waals surface area contributed by atoms with Gasteiger partial charge in [0.05, 0.1) is 17.6 Å². The Morgan fingerprint density at radius 3 is 2.65 bits per heavy atom. The molecule has 20 heavy (non-hydrogen) atoms. The van der Waals surface area contributed by atoms with Gasteiger partial charge in [0, 0.05) is 12.1 Å². The first-order valence-electron chi connectivity index (χ1n) is 6.32. The second-order valence-electron chi connectivity index (χ2n) is 4.47. The van der Waals surface area contributed by atoms with Crippen LogP contribution in [0.3, 0.4) is 0 Å². The van der Waals surface area contributed by atoms with Crippen LogP contribution in [0.2, 0.25) is 0 Å². The molecule has 0 aliphatic rings. The van der Waals surface area contributed by atoms with Gasteiger partial charge in [-0.15, -0.1) is 0 Å². The van der Waals surface area contributed by atoms with Gasteiger partial charge in [-0.05, 0) is 18.1 Å². The quantitative estimate of drug-likeness (QED) is 0.646. The van der Waals surface area contributed by atoms with Gasteiger partial charge in [0.25, 0.3) is 5.69 Å². The van der Waals surface area contributed by atoms with Crippen LogP contribution in [0.4, 0.5) is 5.69 Å². The van der Waals surface area contributed by atoms with E-state index in [-0.39, 0.29) is 11.7 Å². The summed E-state index contributed by atoms with van der Waals surface area (Å²) in [6.07, 6.45) is 0. The summed E-state index contributed by atoms with van der Waals surface area (Å²) >= 11 is 0. The highest BCUT2D eigenvalue weighted by Gasteiger charge is 2.10. The van der Waals surface area contributed by atoms with Gasteiger partial charge >= 0.3 is 0 Å². The number of nitro benzene ring substituents is 1. The molecule has 2 aromatic carbocycles. The predicted octanol–water partition coefficient (Wildman–Crippen LogP) is 3.38. The SMILES string of the molecule is CC(NOCc1ccccc1)c1cccc([N+](=O)[O-])c1. The molecule has 0 aromatic heterocycles. The third-order valence-corrected chi connectivity index (χ3v) is 2.92. The van der Waals surface area contributed by atoms with Gasteiger partial charge in [-0.25, -0.2) is 0 Å². The van der Waals surface area contributed by atoms with Crippen LogP contribution < -0.4 is 5.48 Å². The smallest absolute Gasteiger partial charge is 0.269 e. The van der Waals surface area contributed by atoms with Crippen molar-refractivity contribution in [3.05, 3.63) is 75.8 Å². The number of nitrogens with zero attached hydrogens (tertiary/aromatic N) is 1. The van der Waals surface area contributed by atoms with E-state index in [1.165, 1.54) is 6.07 Å². The van der Waals surface area contributed by atoms with Gasteiger partial charge < -0.3 is 0 Å². The summed E-state index contributed by atoms with van der Waals surface area (Å²) in [4.78, 5) is 15.7. The molecule has 0 spiro atoms. The minimum absolute atomic E-state index is 0.0826. The highest BCUT2D eigenvalue weighted by molar-refractivity contribution is 5.35. The van der Waals surface area contributed by atoms with Crippen molar-refractivity contribution in [1.82, 2.24) is 5.48 Å². The normalized spacial score (nSPS) is 12.1. The van der Waals surface area contributed by atoms with E-state index in [4.69, 9.17) is 4.84 Å². The lowest BCUT2D eigenvalue weighted by Gasteiger charge is -2.14. The molecular formula is C15H16N2O3. The molecule has 104 valence electrons. The predicted molar refractivity (Wildman–Crippen MR) is 75.9 cm³/mol. The van der Waals surface area contributed by atoms with Crippen molar-refractivity contribution < 1.29 is 9.76 Å². The molecule has 1 atom stereocenters. The Morgan fingerprint density at radius 2 is 1.95 bits per heavy atom. The molecule has 0 heterocycles. The van der Waals surface area contributed by atoms with E-state index in [1.807, 2.05) is 43.3 Å². The van der Waals surface area contributed by atoms with Crippen LogP contribution in [0.5, 0.6) is 0 Å². The minimum atomic E-state index is -0.402. The molecule has 2 aromatic rings. The fourth-order valence-electron chi connectivity index (χ4n) is 1.80. The zero-order valence-electron chi connectivity index (χ0n) is 11.2. The van der Waals surface area contributed by atoms with E-state index in [0.29, 0.717) is 6.61 Å². The Bertz CT molecular complexity index is 572. The first kappa shape index (κ1) is 14.2. The number of nitro groups is 1. The van der Waals surface area contributed by atoms with Crippen molar-refractivity contribution in [2.75, 3.05) is 0 Å². The lowest BCUT2D eigenvalue weighted by molar-refractivity contribution is -0.384. The van der Waals surface area contributed by atoms with Crippen LogP contribution in [0.15, 0.2) is 54.6 Å². The number of non-ortho nitro benzene ring substituents is 1. The fraction of sp³-hybridized carbons (Fsp3) is 0.200. The highest BCUT2D eigenvalue weighted by atomic mass is 16.6. The number of nitrogens with one attached hydrogen (secondary N) is 1. The van der Waals surface area contributed by atoms with Crippen molar-refractivity contribution >= 4 is 5.69 Å². The second kappa shape index (κ2) is 6.79. The van der Waals surface area contributed by atoms with Crippen molar-refractivity contribution in [3.63, 3.8) is 0 Å². The molecule has 5 heteroatoms. The summed E-state index contributed by atoms with van der Waals surface area (Å²) in [7, 11) is 0. The molecule has 0 fully saturated rings. The third kappa shape index (κ3) is 3.88. The summed E-state index contributed by atoms with van der Waals surface area (Å²) in [6, 6.07) is 16.2. The van der Waals surface area contributed by atoms with E-state index in [0.717, 1.165) is 11.1 Å². The Kier molecular flexibility index (Phi) is 4.81. The molecule has 2 rings (SSSR count). The average molecular weight is 272 g/mol. The summed E-state index contributed by atoms with van der Waals surface area (Å²) in [5.41, 5.74) is 4.85. The number of hydrogen-bond donors (Lipinski definition) is 1. The molecule has 0 aliphatic heterocycles. The van der Waals surface area contributed by atoms with Crippen molar-refractivity contribution in [3.8, 4) is 0 Å². The molecule has 5 nitrogen and oxygen atoms in total. The summed E-state index contributed by atoms with van der Waals surface area (Å²) in [5.74, 6) is 0. The van der Waals surface area contributed by atoms with Gasteiger partial charge in [-0.1, -0.05) is 42.5 Å². The minimum Gasteiger partial charge on any atom is -0.296 e. The Labute approximate surface area is 117 Å². The average Bonchev–Trinajstić information content (AvgIpc) is 2.48. The number of rotatable bonds is 6. The van der Waals surface area contributed by atoms with Crippen molar-refractivity contribution in [2.45, 2.75) is 19.6 Å². The Hall–Kier alpha value is -2.24. The molecule has 0 aliphatic carbocycles. The molecular weight excluding hydrogens is 256 g/mol. The topological polar surface area (TPSA) is 64.4 Å². The van der Waals surface area contributed by atoms with Crippen LogP contribution in [0.1, 0.15) is 24.1 Å². The van der Waals surface area contributed by atoms with Crippen LogP contribution >= 0.6 is 0 Å². The van der Waals surface area contributed by atoms with Crippen LogP contribution in [0, 0.1) is 10.1 Å². The molecule has 0 saturated heterocycles. The maximum absolute atomic E-state index is 10.7. The third-order valence-electron chi connectivity index (χ3n) is 2.92. The maximum atomic E-state index is 10.7. The van der Waals surface area contributed by atoms with Crippen LogP contribution in [-0.2, 0) is 11.4 Å². The highest BCUT2D eigenvalue weighted by Crippen LogP contribution is 2.19. The molecule has 0 bridgehead atoms. The van der Waals surface area contributed by atoms with Gasteiger partial charge in [-0.2, -0.15) is 5.48 Å². The lowest BCUT2D eigenvalue weighted by Crippen LogP contribution is -2.19. The second-order valence-corrected chi connectivity index (χ2v) is 4.47.